The summed E-state index contributed by atoms with van der Waals surface area (Å²) in [6.45, 7) is 4.04. The quantitative estimate of drug-likeness (QED) is 0.610. The normalized spacial score (nSPS) is 18.6. The third-order valence-electron chi connectivity index (χ3n) is 3.79. The number of ketones is 1. The van der Waals surface area contributed by atoms with Gasteiger partial charge in [-0.05, 0) is 43.5 Å². The van der Waals surface area contributed by atoms with Gasteiger partial charge in [0, 0.05) is 16.7 Å². The number of Topliss-reactive ketones (excluding diaryl/α,β-unsaturated/α-hetero) is 1. The molecule has 0 aromatic heterocycles. The molecule has 16 heavy (non-hydrogen) atoms. The minimum atomic E-state index is -0.136. The maximum Gasteiger partial charge on any atom is 0.168 e. The first kappa shape index (κ1) is 11.2. The zero-order valence-electron chi connectivity index (χ0n) is 10.0. The smallest absolute Gasteiger partial charge is 0.168 e. The lowest BCUT2D eigenvalue weighted by atomic mass is 9.80. The minimum absolute atomic E-state index is 0.136. The van der Waals surface area contributed by atoms with Crippen LogP contribution in [0.5, 0.6) is 0 Å². The second-order valence-electron chi connectivity index (χ2n) is 5.17. The Labute approximate surface area is 96.8 Å². The molecule has 1 saturated carbocycles. The molecule has 1 aliphatic rings. The Morgan fingerprint density at radius 3 is 2.50 bits per heavy atom. The Morgan fingerprint density at radius 2 is 1.94 bits per heavy atom. The van der Waals surface area contributed by atoms with Crippen LogP contribution in [0.3, 0.4) is 0 Å². The molecule has 0 unspecified atom stereocenters. The van der Waals surface area contributed by atoms with Crippen molar-refractivity contribution in [2.24, 2.45) is 5.41 Å². The number of rotatable bonds is 2. The van der Waals surface area contributed by atoms with Gasteiger partial charge in [-0.2, -0.15) is 0 Å². The molecule has 1 aromatic rings. The molecule has 0 spiro atoms. The largest absolute Gasteiger partial charge is 0.399 e. The monoisotopic (exact) mass is 217 g/mol. The van der Waals surface area contributed by atoms with Gasteiger partial charge in [-0.3, -0.25) is 4.79 Å². The number of aryl methyl sites for hydroxylation is 1. The van der Waals surface area contributed by atoms with Crippen molar-refractivity contribution in [2.75, 3.05) is 5.73 Å². The van der Waals surface area contributed by atoms with Crippen LogP contribution >= 0.6 is 0 Å². The highest BCUT2D eigenvalue weighted by Gasteiger charge is 2.36. The summed E-state index contributed by atoms with van der Waals surface area (Å²) in [5.74, 6) is 0.285. The fourth-order valence-corrected chi connectivity index (χ4v) is 2.55. The molecule has 0 radical (unpaired) electrons. The van der Waals surface area contributed by atoms with E-state index in [2.05, 4.69) is 6.92 Å². The molecule has 0 aliphatic heterocycles. The number of benzene rings is 1. The van der Waals surface area contributed by atoms with Crippen LogP contribution in [0.4, 0.5) is 5.69 Å². The van der Waals surface area contributed by atoms with Crippen LogP contribution in [0.1, 0.15) is 48.5 Å². The van der Waals surface area contributed by atoms with Gasteiger partial charge < -0.3 is 5.73 Å². The van der Waals surface area contributed by atoms with Crippen LogP contribution in [-0.2, 0) is 0 Å². The zero-order chi connectivity index (χ0) is 11.8. The number of carbonyl (C=O) groups is 1. The highest BCUT2D eigenvalue weighted by molar-refractivity contribution is 6.00. The summed E-state index contributed by atoms with van der Waals surface area (Å²) in [5, 5.41) is 0. The molecule has 2 heteroatoms. The van der Waals surface area contributed by atoms with E-state index in [-0.39, 0.29) is 11.2 Å². The topological polar surface area (TPSA) is 43.1 Å². The van der Waals surface area contributed by atoms with Gasteiger partial charge in [0.2, 0.25) is 0 Å². The van der Waals surface area contributed by atoms with Crippen LogP contribution in [0.15, 0.2) is 18.2 Å². The van der Waals surface area contributed by atoms with Crippen molar-refractivity contribution in [1.82, 2.24) is 0 Å². The Morgan fingerprint density at radius 1 is 1.31 bits per heavy atom. The third-order valence-corrected chi connectivity index (χ3v) is 3.79. The van der Waals surface area contributed by atoms with Gasteiger partial charge in [-0.25, -0.2) is 0 Å². The van der Waals surface area contributed by atoms with Crippen molar-refractivity contribution in [1.29, 1.82) is 0 Å². The van der Waals surface area contributed by atoms with Crippen LogP contribution in [-0.4, -0.2) is 5.78 Å². The molecule has 0 amide bonds. The molecule has 1 fully saturated rings. The average Bonchev–Trinajstić information content (AvgIpc) is 2.70. The summed E-state index contributed by atoms with van der Waals surface area (Å²) in [4.78, 5) is 12.4. The summed E-state index contributed by atoms with van der Waals surface area (Å²) in [6.07, 6.45) is 4.40. The zero-order valence-corrected chi connectivity index (χ0v) is 10.0. The van der Waals surface area contributed by atoms with E-state index in [0.29, 0.717) is 0 Å². The molecule has 0 saturated heterocycles. The lowest BCUT2D eigenvalue weighted by Gasteiger charge is -2.22. The molecule has 0 atom stereocenters. The Kier molecular flexibility index (Phi) is 2.75. The average molecular weight is 217 g/mol. The van der Waals surface area contributed by atoms with Crippen molar-refractivity contribution >= 4 is 11.5 Å². The van der Waals surface area contributed by atoms with Gasteiger partial charge in [0.1, 0.15) is 0 Å². The number of carbonyl (C=O) groups excluding carboxylic acids is 1. The second kappa shape index (κ2) is 3.93. The SMILES string of the molecule is Cc1cc(C(=O)C2(C)CCCC2)ccc1N. The van der Waals surface area contributed by atoms with Crippen molar-refractivity contribution in [3.63, 3.8) is 0 Å². The first-order valence-corrected chi connectivity index (χ1v) is 5.94. The lowest BCUT2D eigenvalue weighted by molar-refractivity contribution is 0.0823. The lowest BCUT2D eigenvalue weighted by Crippen LogP contribution is -2.24. The maximum absolute atomic E-state index is 12.4. The van der Waals surface area contributed by atoms with E-state index in [4.69, 9.17) is 5.73 Å². The number of nitrogens with two attached hydrogens (primary N) is 1. The molecular formula is C14H19NO. The van der Waals surface area contributed by atoms with Gasteiger partial charge in [0.25, 0.3) is 0 Å². The number of nitrogen functional groups attached to an aromatic ring is 1. The predicted octanol–water partition coefficient (Wildman–Crippen LogP) is 3.34. The van der Waals surface area contributed by atoms with Gasteiger partial charge in [-0.1, -0.05) is 19.8 Å². The van der Waals surface area contributed by atoms with E-state index in [1.807, 2.05) is 25.1 Å². The van der Waals surface area contributed by atoms with Gasteiger partial charge >= 0.3 is 0 Å². The van der Waals surface area contributed by atoms with Crippen molar-refractivity contribution in [3.8, 4) is 0 Å². The second-order valence-corrected chi connectivity index (χ2v) is 5.17. The fraction of sp³-hybridized carbons (Fsp3) is 0.500. The van der Waals surface area contributed by atoms with Crippen LogP contribution in [0, 0.1) is 12.3 Å². The number of anilines is 1. The van der Waals surface area contributed by atoms with E-state index in [0.717, 1.165) is 29.7 Å². The summed E-state index contributed by atoms with van der Waals surface area (Å²) < 4.78 is 0. The minimum Gasteiger partial charge on any atom is -0.399 e. The molecule has 0 bridgehead atoms. The molecular weight excluding hydrogens is 198 g/mol. The molecule has 2 nitrogen and oxygen atoms in total. The van der Waals surface area contributed by atoms with Crippen LogP contribution < -0.4 is 5.73 Å². The fourth-order valence-electron chi connectivity index (χ4n) is 2.55. The molecule has 1 aliphatic carbocycles. The molecule has 2 rings (SSSR count). The molecule has 0 heterocycles. The van der Waals surface area contributed by atoms with E-state index in [9.17, 15) is 4.79 Å². The summed E-state index contributed by atoms with van der Waals surface area (Å²) in [5.41, 5.74) is 8.19. The van der Waals surface area contributed by atoms with E-state index in [1.54, 1.807) is 0 Å². The number of hydrogen-bond donors (Lipinski definition) is 1. The molecule has 1 aromatic carbocycles. The van der Waals surface area contributed by atoms with E-state index in [1.165, 1.54) is 12.8 Å². The molecule has 2 N–H and O–H groups in total. The predicted molar refractivity (Wildman–Crippen MR) is 66.5 cm³/mol. The number of hydrogen-bond acceptors (Lipinski definition) is 2. The highest BCUT2D eigenvalue weighted by Crippen LogP contribution is 2.40. The van der Waals surface area contributed by atoms with Crippen LogP contribution in [0.25, 0.3) is 0 Å². The van der Waals surface area contributed by atoms with E-state index >= 15 is 0 Å². The van der Waals surface area contributed by atoms with Crippen molar-refractivity contribution in [2.45, 2.75) is 39.5 Å². The van der Waals surface area contributed by atoms with E-state index < -0.39 is 0 Å². The van der Waals surface area contributed by atoms with Crippen molar-refractivity contribution in [3.05, 3.63) is 29.3 Å². The van der Waals surface area contributed by atoms with Gasteiger partial charge in [-0.15, -0.1) is 0 Å². The Hall–Kier alpha value is -1.31. The maximum atomic E-state index is 12.4. The molecule has 86 valence electrons. The first-order valence-electron chi connectivity index (χ1n) is 5.94. The Balaban J connectivity index is 2.30. The summed E-state index contributed by atoms with van der Waals surface area (Å²) in [6, 6.07) is 5.61. The van der Waals surface area contributed by atoms with Crippen LogP contribution in [0.2, 0.25) is 0 Å². The van der Waals surface area contributed by atoms with Gasteiger partial charge in [0.15, 0.2) is 5.78 Å². The standard InChI is InChI=1S/C14H19NO/c1-10-9-11(5-6-12(10)15)13(16)14(2)7-3-4-8-14/h5-6,9H,3-4,7-8,15H2,1-2H3. The third kappa shape index (κ3) is 1.84. The highest BCUT2D eigenvalue weighted by atomic mass is 16.1. The summed E-state index contributed by atoms with van der Waals surface area (Å²) in [7, 11) is 0. The Bertz CT molecular complexity index is 417. The summed E-state index contributed by atoms with van der Waals surface area (Å²) >= 11 is 0. The van der Waals surface area contributed by atoms with Gasteiger partial charge in [0.05, 0.1) is 0 Å². The first-order chi connectivity index (χ1) is 7.53. The van der Waals surface area contributed by atoms with Crippen molar-refractivity contribution < 1.29 is 4.79 Å².